The number of aromatic nitrogens is 4. The summed E-state index contributed by atoms with van der Waals surface area (Å²) in [5.41, 5.74) is 6.57. The normalized spacial score (nSPS) is 21.8. The van der Waals surface area contributed by atoms with Crippen molar-refractivity contribution in [3.8, 4) is 0 Å². The lowest BCUT2D eigenvalue weighted by molar-refractivity contribution is -0.137. The number of carbonyl (C=O) groups is 2. The fourth-order valence-corrected chi connectivity index (χ4v) is 3.46. The van der Waals surface area contributed by atoms with Crippen molar-refractivity contribution in [3.05, 3.63) is 11.0 Å². The number of aromatic amines is 1. The van der Waals surface area contributed by atoms with E-state index < -0.39 is 36.4 Å². The van der Waals surface area contributed by atoms with Crippen LogP contribution < -0.4 is 16.4 Å². The predicted octanol–water partition coefficient (Wildman–Crippen LogP) is -1.15. The number of carboxylic acids is 1. The number of ether oxygens (including phenoxy) is 1. The molecule has 13 nitrogen and oxygen atoms in total. The molecule has 14 heteroatoms. The maximum absolute atomic E-state index is 11.9. The van der Waals surface area contributed by atoms with Gasteiger partial charge in [-0.15, -0.1) is 0 Å². The number of nitrogens with zero attached hydrogens (tertiary/aromatic N) is 3. The summed E-state index contributed by atoms with van der Waals surface area (Å²) in [6.45, 7) is 0.322. The number of amides is 1. The first-order chi connectivity index (χ1) is 14.8. The fourth-order valence-electron chi connectivity index (χ4n) is 3.22. The molecule has 170 valence electrons. The average molecular weight is 455 g/mol. The molecule has 0 saturated carbocycles. The van der Waals surface area contributed by atoms with Gasteiger partial charge in [0.05, 0.1) is 25.1 Å². The van der Waals surface area contributed by atoms with Crippen LogP contribution in [0.1, 0.15) is 25.5 Å². The second kappa shape index (κ2) is 10.1. The van der Waals surface area contributed by atoms with Crippen LogP contribution in [0, 0.1) is 4.64 Å². The van der Waals surface area contributed by atoms with Crippen molar-refractivity contribution in [2.75, 3.05) is 25.0 Å². The number of aliphatic hydroxyl groups excluding tert-OH is 2. The lowest BCUT2D eigenvalue weighted by atomic mass is 10.1. The molecule has 1 amide bonds. The minimum Gasteiger partial charge on any atom is -0.481 e. The van der Waals surface area contributed by atoms with E-state index in [9.17, 15) is 19.8 Å². The van der Waals surface area contributed by atoms with Crippen LogP contribution >= 0.6 is 12.2 Å². The molecule has 1 aliphatic rings. The number of carboxylic acid groups (broad SMARTS) is 1. The Hall–Kier alpha value is -2.65. The van der Waals surface area contributed by atoms with E-state index in [4.69, 9.17) is 27.8 Å². The Kier molecular flexibility index (Phi) is 7.50. The smallest absolute Gasteiger partial charge is 0.303 e. The zero-order chi connectivity index (χ0) is 22.5. The molecule has 1 fully saturated rings. The van der Waals surface area contributed by atoms with E-state index in [1.165, 1.54) is 6.33 Å². The second-order valence-corrected chi connectivity index (χ2v) is 7.52. The van der Waals surface area contributed by atoms with Crippen LogP contribution in [-0.2, 0) is 14.3 Å². The summed E-state index contributed by atoms with van der Waals surface area (Å²) in [6, 6.07) is -0.897. The number of aliphatic hydroxyl groups is 2. The minimum absolute atomic E-state index is 0.0517. The van der Waals surface area contributed by atoms with E-state index in [0.29, 0.717) is 30.1 Å². The van der Waals surface area contributed by atoms with Crippen LogP contribution in [0.25, 0.3) is 11.2 Å². The van der Waals surface area contributed by atoms with Crippen LogP contribution in [0.2, 0.25) is 0 Å². The van der Waals surface area contributed by atoms with Gasteiger partial charge in [0.25, 0.3) is 0 Å². The molecule has 2 aromatic rings. The predicted molar refractivity (Wildman–Crippen MR) is 111 cm³/mol. The van der Waals surface area contributed by atoms with E-state index in [1.807, 2.05) is 0 Å². The third-order valence-electron chi connectivity index (χ3n) is 4.81. The number of imidazole rings is 1. The number of carbonyl (C=O) groups excluding carboxylic acids is 1. The summed E-state index contributed by atoms with van der Waals surface area (Å²) in [5, 5.41) is 33.8. The Morgan fingerprint density at radius 2 is 2.23 bits per heavy atom. The number of H-pyrrole nitrogens is 1. The SMILES string of the molecule is NC(CCC(=O)O)C(=O)NCCNc1nc(=S)c2ncn([C@@H]3O[C@H](CO)CC3O)c2[nH]1. The molecular formula is C17H25N7O6S. The molecule has 0 radical (unpaired) electrons. The van der Waals surface area contributed by atoms with Crippen molar-refractivity contribution >= 4 is 41.2 Å². The fraction of sp³-hybridized carbons (Fsp3) is 0.588. The van der Waals surface area contributed by atoms with Crippen molar-refractivity contribution in [3.63, 3.8) is 0 Å². The first-order valence-corrected chi connectivity index (χ1v) is 10.1. The van der Waals surface area contributed by atoms with Crippen LogP contribution in [-0.4, -0.2) is 84.7 Å². The number of hydrogen-bond acceptors (Lipinski definition) is 10. The number of fused-ring (bicyclic) bond motifs is 1. The molecule has 3 rings (SSSR count). The van der Waals surface area contributed by atoms with Crippen molar-refractivity contribution in [2.45, 2.75) is 43.7 Å². The van der Waals surface area contributed by atoms with Gasteiger partial charge in [-0.3, -0.25) is 14.2 Å². The quantitative estimate of drug-likeness (QED) is 0.168. The van der Waals surface area contributed by atoms with Crippen LogP contribution in [0.5, 0.6) is 0 Å². The van der Waals surface area contributed by atoms with Crippen LogP contribution in [0.3, 0.4) is 0 Å². The first-order valence-electron chi connectivity index (χ1n) is 9.70. The summed E-state index contributed by atoms with van der Waals surface area (Å²) in [5.74, 6) is -1.12. The highest BCUT2D eigenvalue weighted by Crippen LogP contribution is 2.31. The van der Waals surface area contributed by atoms with Gasteiger partial charge in [-0.2, -0.15) is 0 Å². The Balaban J connectivity index is 1.61. The van der Waals surface area contributed by atoms with Gasteiger partial charge in [-0.1, -0.05) is 12.2 Å². The molecule has 4 atom stereocenters. The lowest BCUT2D eigenvalue weighted by Crippen LogP contribution is -2.42. The van der Waals surface area contributed by atoms with Gasteiger partial charge < -0.3 is 41.4 Å². The molecule has 0 spiro atoms. The summed E-state index contributed by atoms with van der Waals surface area (Å²) in [4.78, 5) is 33.9. The number of nitrogens with two attached hydrogens (primary N) is 1. The van der Waals surface area contributed by atoms with Crippen LogP contribution in [0.15, 0.2) is 6.33 Å². The van der Waals surface area contributed by atoms with Gasteiger partial charge in [-0.25, -0.2) is 9.97 Å². The zero-order valence-electron chi connectivity index (χ0n) is 16.5. The van der Waals surface area contributed by atoms with Gasteiger partial charge in [0.15, 0.2) is 10.9 Å². The Bertz CT molecular complexity index is 995. The second-order valence-electron chi connectivity index (χ2n) is 7.13. The third-order valence-corrected chi connectivity index (χ3v) is 5.10. The van der Waals surface area contributed by atoms with Gasteiger partial charge in [0, 0.05) is 25.9 Å². The van der Waals surface area contributed by atoms with E-state index in [1.54, 1.807) is 4.57 Å². The molecular weight excluding hydrogens is 430 g/mol. The monoisotopic (exact) mass is 455 g/mol. The highest BCUT2D eigenvalue weighted by atomic mass is 32.1. The van der Waals surface area contributed by atoms with Gasteiger partial charge in [-0.05, 0) is 6.42 Å². The van der Waals surface area contributed by atoms with Gasteiger partial charge in [0.1, 0.15) is 17.3 Å². The maximum atomic E-state index is 11.9. The molecule has 0 aliphatic carbocycles. The van der Waals surface area contributed by atoms with Gasteiger partial charge >= 0.3 is 5.97 Å². The number of aliphatic carboxylic acids is 1. The molecule has 0 aromatic carbocycles. The molecule has 3 heterocycles. The summed E-state index contributed by atoms with van der Waals surface area (Å²) >= 11 is 5.28. The average Bonchev–Trinajstić information content (AvgIpc) is 3.32. The number of rotatable bonds is 10. The van der Waals surface area contributed by atoms with Crippen molar-refractivity contribution < 1.29 is 29.6 Å². The van der Waals surface area contributed by atoms with E-state index in [0.717, 1.165) is 0 Å². The molecule has 31 heavy (non-hydrogen) atoms. The van der Waals surface area contributed by atoms with Crippen molar-refractivity contribution in [1.82, 2.24) is 24.8 Å². The lowest BCUT2D eigenvalue weighted by Gasteiger charge is -2.17. The number of anilines is 1. The third kappa shape index (κ3) is 5.54. The summed E-state index contributed by atoms with van der Waals surface area (Å²) in [6.07, 6.45) is -0.363. The van der Waals surface area contributed by atoms with Crippen molar-refractivity contribution in [1.29, 1.82) is 0 Å². The van der Waals surface area contributed by atoms with Crippen molar-refractivity contribution in [2.24, 2.45) is 5.73 Å². The summed E-state index contributed by atoms with van der Waals surface area (Å²) < 4.78 is 7.50. The Morgan fingerprint density at radius 1 is 1.45 bits per heavy atom. The molecule has 1 aliphatic heterocycles. The first kappa shape index (κ1) is 23.0. The highest BCUT2D eigenvalue weighted by molar-refractivity contribution is 7.71. The summed E-state index contributed by atoms with van der Waals surface area (Å²) in [7, 11) is 0. The molecule has 2 unspecified atom stereocenters. The van der Waals surface area contributed by atoms with Crippen LogP contribution in [0.4, 0.5) is 5.95 Å². The number of nitrogens with one attached hydrogen (secondary N) is 3. The molecule has 8 N–H and O–H groups in total. The molecule has 1 saturated heterocycles. The largest absolute Gasteiger partial charge is 0.481 e. The van der Waals surface area contributed by atoms with E-state index in [-0.39, 0.29) is 30.6 Å². The standard InChI is InChI=1S/C17H25N7O6S/c18-9(1-2-11(27)28)14(29)19-3-4-20-17-22-13-12(15(31)23-17)21-7-24(13)16-10(26)5-8(6-25)30-16/h7-10,16,25-26H,1-6,18H2,(H,19,29)(H,27,28)(H2,20,22,23,31)/t8-,9?,10?,16+/m0/s1. The Labute approximate surface area is 181 Å². The molecule has 2 aromatic heterocycles. The van der Waals surface area contributed by atoms with E-state index >= 15 is 0 Å². The highest BCUT2D eigenvalue weighted by Gasteiger charge is 2.35. The minimum atomic E-state index is -1.01. The van der Waals surface area contributed by atoms with E-state index in [2.05, 4.69) is 25.6 Å². The number of hydrogen-bond donors (Lipinski definition) is 7. The zero-order valence-corrected chi connectivity index (χ0v) is 17.3. The molecule has 0 bridgehead atoms. The Morgan fingerprint density at radius 3 is 2.90 bits per heavy atom. The maximum Gasteiger partial charge on any atom is 0.303 e. The topological polar surface area (TPSA) is 201 Å². The van der Waals surface area contributed by atoms with Gasteiger partial charge in [0.2, 0.25) is 11.9 Å².